The molecule has 118 valence electrons. The quantitative estimate of drug-likeness (QED) is 0.447. The summed E-state index contributed by atoms with van der Waals surface area (Å²) in [6.07, 6.45) is 0. The topological polar surface area (TPSA) is 38.9 Å². The highest BCUT2D eigenvalue weighted by Crippen LogP contribution is 2.36. The van der Waals surface area contributed by atoms with E-state index in [1.165, 1.54) is 0 Å². The van der Waals surface area contributed by atoms with Crippen molar-refractivity contribution in [3.8, 4) is 33.1 Å². The molecule has 0 spiro atoms. The first-order valence-electron chi connectivity index (χ1n) is 7.46. The molecule has 24 heavy (non-hydrogen) atoms. The van der Waals surface area contributed by atoms with Gasteiger partial charge in [-0.05, 0) is 19.1 Å². The van der Waals surface area contributed by atoms with Gasteiger partial charge in [0.1, 0.15) is 16.5 Å². The van der Waals surface area contributed by atoms with Gasteiger partial charge in [-0.2, -0.15) is 0 Å². The van der Waals surface area contributed by atoms with Crippen molar-refractivity contribution in [3.05, 3.63) is 70.8 Å². The van der Waals surface area contributed by atoms with Gasteiger partial charge in [0.05, 0.1) is 11.3 Å². The summed E-state index contributed by atoms with van der Waals surface area (Å²) in [4.78, 5) is 4.78. The molecule has 2 aromatic carbocycles. The zero-order chi connectivity index (χ0) is 16.5. The Morgan fingerprint density at radius 3 is 2.46 bits per heavy atom. The van der Waals surface area contributed by atoms with Gasteiger partial charge in [0.2, 0.25) is 0 Å². The van der Waals surface area contributed by atoms with E-state index in [1.54, 1.807) is 11.3 Å². The number of benzene rings is 2. The first-order valence-corrected chi connectivity index (χ1v) is 8.71. The summed E-state index contributed by atoms with van der Waals surface area (Å²) in [7, 11) is 0. The highest BCUT2D eigenvalue weighted by atomic mass is 35.5. The van der Waals surface area contributed by atoms with Crippen LogP contribution in [0.25, 0.3) is 33.1 Å². The molecule has 0 saturated carbocycles. The summed E-state index contributed by atoms with van der Waals surface area (Å²) in [5.41, 5.74) is 4.71. The Bertz CT molecular complexity index is 974. The van der Waals surface area contributed by atoms with Gasteiger partial charge in [0, 0.05) is 21.5 Å². The van der Waals surface area contributed by atoms with Crippen molar-refractivity contribution in [2.75, 3.05) is 0 Å². The van der Waals surface area contributed by atoms with Crippen molar-refractivity contribution in [1.82, 2.24) is 10.1 Å². The summed E-state index contributed by atoms with van der Waals surface area (Å²) < 4.78 is 5.43. The summed E-state index contributed by atoms with van der Waals surface area (Å²) in [5.74, 6) is 0.766. The highest BCUT2D eigenvalue weighted by molar-refractivity contribution is 7.13. The first-order chi connectivity index (χ1) is 11.7. The van der Waals surface area contributed by atoms with Gasteiger partial charge in [0.25, 0.3) is 0 Å². The predicted molar refractivity (Wildman–Crippen MR) is 98.2 cm³/mol. The monoisotopic (exact) mass is 352 g/mol. The van der Waals surface area contributed by atoms with E-state index in [4.69, 9.17) is 21.1 Å². The molecule has 0 saturated heterocycles. The molecule has 0 aliphatic carbocycles. The second-order valence-electron chi connectivity index (χ2n) is 5.37. The van der Waals surface area contributed by atoms with Crippen LogP contribution < -0.4 is 0 Å². The van der Waals surface area contributed by atoms with Gasteiger partial charge in [-0.1, -0.05) is 59.2 Å². The van der Waals surface area contributed by atoms with Crippen LogP contribution >= 0.6 is 22.9 Å². The SMILES string of the molecule is Cc1onc(-c2ccccc2)c1-c1csc(-c2ccc(Cl)cc2)n1. The highest BCUT2D eigenvalue weighted by Gasteiger charge is 2.19. The van der Waals surface area contributed by atoms with Crippen LogP contribution in [0.15, 0.2) is 64.5 Å². The Hall–Kier alpha value is -2.43. The molecule has 0 amide bonds. The van der Waals surface area contributed by atoms with E-state index in [0.29, 0.717) is 0 Å². The molecular formula is C19H13ClN2OS. The van der Waals surface area contributed by atoms with Crippen molar-refractivity contribution in [2.24, 2.45) is 0 Å². The lowest BCUT2D eigenvalue weighted by Gasteiger charge is -2.00. The van der Waals surface area contributed by atoms with Crippen molar-refractivity contribution >= 4 is 22.9 Å². The first kappa shape index (κ1) is 15.1. The van der Waals surface area contributed by atoms with Crippen molar-refractivity contribution < 1.29 is 4.52 Å². The lowest BCUT2D eigenvalue weighted by molar-refractivity contribution is 0.400. The maximum absolute atomic E-state index is 5.96. The molecule has 0 unspecified atom stereocenters. The molecule has 5 heteroatoms. The number of hydrogen-bond donors (Lipinski definition) is 0. The van der Waals surface area contributed by atoms with E-state index in [2.05, 4.69) is 5.16 Å². The van der Waals surface area contributed by atoms with Crippen LogP contribution in [0.1, 0.15) is 5.76 Å². The fourth-order valence-corrected chi connectivity index (χ4v) is 3.52. The van der Waals surface area contributed by atoms with E-state index in [9.17, 15) is 0 Å². The van der Waals surface area contributed by atoms with E-state index in [-0.39, 0.29) is 0 Å². The maximum Gasteiger partial charge on any atom is 0.143 e. The van der Waals surface area contributed by atoms with Crippen LogP contribution in [0, 0.1) is 6.92 Å². The third kappa shape index (κ3) is 2.75. The van der Waals surface area contributed by atoms with Gasteiger partial charge >= 0.3 is 0 Å². The average Bonchev–Trinajstić information content (AvgIpc) is 3.23. The van der Waals surface area contributed by atoms with Crippen LogP contribution in [-0.4, -0.2) is 10.1 Å². The maximum atomic E-state index is 5.96. The zero-order valence-electron chi connectivity index (χ0n) is 12.9. The van der Waals surface area contributed by atoms with E-state index >= 15 is 0 Å². The van der Waals surface area contributed by atoms with Gasteiger partial charge in [-0.3, -0.25) is 0 Å². The molecule has 0 aliphatic rings. The van der Waals surface area contributed by atoms with Crippen LogP contribution in [0.2, 0.25) is 5.02 Å². The van der Waals surface area contributed by atoms with Gasteiger partial charge in [0.15, 0.2) is 0 Å². The summed E-state index contributed by atoms with van der Waals surface area (Å²) >= 11 is 7.55. The fraction of sp³-hybridized carbons (Fsp3) is 0.0526. The molecule has 0 atom stereocenters. The van der Waals surface area contributed by atoms with Crippen LogP contribution in [0.3, 0.4) is 0 Å². The normalized spacial score (nSPS) is 10.9. The Labute approximate surface area is 148 Å². The summed E-state index contributed by atoms with van der Waals surface area (Å²) in [5, 5.41) is 7.93. The minimum Gasteiger partial charge on any atom is -0.360 e. The smallest absolute Gasteiger partial charge is 0.143 e. The number of hydrogen-bond acceptors (Lipinski definition) is 4. The standard InChI is InChI=1S/C19H13ClN2OS/c1-12-17(18(22-23-12)13-5-3-2-4-6-13)16-11-24-19(21-16)14-7-9-15(20)10-8-14/h2-11H,1H3. The molecule has 4 aromatic rings. The van der Waals surface area contributed by atoms with Crippen LogP contribution in [-0.2, 0) is 0 Å². The molecule has 2 aromatic heterocycles. The predicted octanol–water partition coefficient (Wildman–Crippen LogP) is 6.09. The van der Waals surface area contributed by atoms with Crippen molar-refractivity contribution in [3.63, 3.8) is 0 Å². The number of aromatic nitrogens is 2. The largest absolute Gasteiger partial charge is 0.360 e. The lowest BCUT2D eigenvalue weighted by Crippen LogP contribution is -1.85. The molecule has 0 N–H and O–H groups in total. The fourth-order valence-electron chi connectivity index (χ4n) is 2.58. The molecule has 3 nitrogen and oxygen atoms in total. The van der Waals surface area contributed by atoms with Crippen molar-refractivity contribution in [2.45, 2.75) is 6.92 Å². The molecular weight excluding hydrogens is 340 g/mol. The van der Waals surface area contributed by atoms with Gasteiger partial charge < -0.3 is 4.52 Å². The zero-order valence-corrected chi connectivity index (χ0v) is 14.4. The number of halogens is 1. The molecule has 0 aliphatic heterocycles. The van der Waals surface area contributed by atoms with E-state index < -0.39 is 0 Å². The Morgan fingerprint density at radius 1 is 0.958 bits per heavy atom. The number of aryl methyl sites for hydroxylation is 1. The number of thiazole rings is 1. The minimum atomic E-state index is 0.719. The number of rotatable bonds is 3. The van der Waals surface area contributed by atoms with E-state index in [0.717, 1.165) is 43.9 Å². The molecule has 0 fully saturated rings. The number of nitrogens with zero attached hydrogens (tertiary/aromatic N) is 2. The minimum absolute atomic E-state index is 0.719. The Kier molecular flexibility index (Phi) is 3.92. The Balaban J connectivity index is 1.78. The Morgan fingerprint density at radius 2 is 1.71 bits per heavy atom. The van der Waals surface area contributed by atoms with Crippen molar-refractivity contribution in [1.29, 1.82) is 0 Å². The van der Waals surface area contributed by atoms with Crippen LogP contribution in [0.5, 0.6) is 0 Å². The lowest BCUT2D eigenvalue weighted by atomic mass is 10.0. The van der Waals surface area contributed by atoms with Gasteiger partial charge in [-0.15, -0.1) is 11.3 Å². The molecule has 0 bridgehead atoms. The summed E-state index contributed by atoms with van der Waals surface area (Å²) in [6.45, 7) is 1.91. The van der Waals surface area contributed by atoms with Crippen LogP contribution in [0.4, 0.5) is 0 Å². The van der Waals surface area contributed by atoms with E-state index in [1.807, 2.05) is 66.9 Å². The third-order valence-corrected chi connectivity index (χ3v) is 4.90. The molecule has 2 heterocycles. The molecule has 4 rings (SSSR count). The second-order valence-corrected chi connectivity index (χ2v) is 6.67. The van der Waals surface area contributed by atoms with Gasteiger partial charge in [-0.25, -0.2) is 4.98 Å². The summed E-state index contributed by atoms with van der Waals surface area (Å²) in [6, 6.07) is 17.7. The average molecular weight is 353 g/mol. The third-order valence-electron chi connectivity index (χ3n) is 3.76. The molecule has 0 radical (unpaired) electrons. The second kappa shape index (κ2) is 6.23.